The Morgan fingerprint density at radius 2 is 2.14 bits per heavy atom. The molecule has 3 heterocycles. The smallest absolute Gasteiger partial charge is 0.315 e. The average molecular weight is 425 g/mol. The molecular weight excluding hydrogens is 392 g/mol. The highest BCUT2D eigenvalue weighted by atomic mass is 32.2. The summed E-state index contributed by atoms with van der Waals surface area (Å²) in [5.74, 6) is 1.13. The van der Waals surface area contributed by atoms with Crippen LogP contribution in [0, 0.1) is 0 Å². The summed E-state index contributed by atoms with van der Waals surface area (Å²) in [5.41, 5.74) is 1.29. The molecule has 6 nitrogen and oxygen atoms in total. The standard InChI is InChI=1S/C20H32N4O2S2/c1-3-24(4-2)16(14-9-10-27-12-14)11-21-18(25)8-6-5-7-17-19-15(13-28-17)22-20(26)23-19/h9-10,12,15-17,19H,3-8,11,13H2,1-2H3,(H,21,25)(H2,22,23,26)/t15-,16-,17-,19-/m0/s1. The second-order valence-corrected chi connectivity index (χ2v) is 9.52. The third kappa shape index (κ3) is 5.42. The molecule has 28 heavy (non-hydrogen) atoms. The molecule has 2 saturated heterocycles. The number of carbonyl (C=O) groups excluding carboxylic acids is 2. The Labute approximate surface area is 176 Å². The van der Waals surface area contributed by atoms with Gasteiger partial charge in [-0.1, -0.05) is 20.3 Å². The minimum atomic E-state index is -0.0342. The van der Waals surface area contributed by atoms with E-state index in [4.69, 9.17) is 0 Å². The van der Waals surface area contributed by atoms with E-state index in [0.717, 1.165) is 38.1 Å². The maximum atomic E-state index is 12.3. The molecule has 2 aliphatic rings. The lowest BCUT2D eigenvalue weighted by molar-refractivity contribution is -0.121. The van der Waals surface area contributed by atoms with Gasteiger partial charge in [0.2, 0.25) is 5.91 Å². The molecule has 0 saturated carbocycles. The van der Waals surface area contributed by atoms with Crippen molar-refractivity contribution < 1.29 is 9.59 Å². The Morgan fingerprint density at radius 3 is 2.86 bits per heavy atom. The van der Waals surface area contributed by atoms with E-state index in [1.165, 1.54) is 5.56 Å². The number of nitrogens with zero attached hydrogens (tertiary/aromatic N) is 1. The molecule has 0 radical (unpaired) electrons. The maximum Gasteiger partial charge on any atom is 0.315 e. The number of carbonyl (C=O) groups is 2. The summed E-state index contributed by atoms with van der Waals surface area (Å²) in [4.78, 5) is 26.2. The fourth-order valence-electron chi connectivity index (χ4n) is 4.16. The third-order valence-corrected chi connectivity index (χ3v) is 7.96. The summed E-state index contributed by atoms with van der Waals surface area (Å²) in [6.45, 7) is 6.94. The van der Waals surface area contributed by atoms with Gasteiger partial charge in [0.1, 0.15) is 0 Å². The molecule has 2 fully saturated rings. The second-order valence-electron chi connectivity index (χ2n) is 7.47. The van der Waals surface area contributed by atoms with Crippen molar-refractivity contribution in [3.63, 3.8) is 0 Å². The SMILES string of the molecule is CCN(CC)[C@@H](CNC(=O)CCCC[C@@H]1SC[C@@H]2NC(=O)N[C@@H]21)c1ccsc1. The van der Waals surface area contributed by atoms with Crippen LogP contribution in [0.3, 0.4) is 0 Å². The van der Waals surface area contributed by atoms with Crippen molar-refractivity contribution >= 4 is 35.0 Å². The molecule has 156 valence electrons. The van der Waals surface area contributed by atoms with Gasteiger partial charge in [-0.2, -0.15) is 23.1 Å². The summed E-state index contributed by atoms with van der Waals surface area (Å²) < 4.78 is 0. The molecule has 0 aromatic carbocycles. The van der Waals surface area contributed by atoms with Gasteiger partial charge in [0.15, 0.2) is 0 Å². The molecule has 4 atom stereocenters. The van der Waals surface area contributed by atoms with Gasteiger partial charge in [-0.3, -0.25) is 9.69 Å². The molecular formula is C20H32N4O2S2. The van der Waals surface area contributed by atoms with E-state index in [1.54, 1.807) is 11.3 Å². The molecule has 0 bridgehead atoms. The van der Waals surface area contributed by atoms with Gasteiger partial charge < -0.3 is 16.0 Å². The number of hydrogen-bond acceptors (Lipinski definition) is 5. The number of amides is 3. The number of thioether (sulfide) groups is 1. The van der Waals surface area contributed by atoms with Crippen molar-refractivity contribution in [3.8, 4) is 0 Å². The van der Waals surface area contributed by atoms with Crippen molar-refractivity contribution in [2.24, 2.45) is 0 Å². The number of hydrogen-bond donors (Lipinski definition) is 3. The largest absolute Gasteiger partial charge is 0.354 e. The Morgan fingerprint density at radius 1 is 1.32 bits per heavy atom. The Bertz CT molecular complexity index is 636. The predicted molar refractivity (Wildman–Crippen MR) is 117 cm³/mol. The molecule has 3 rings (SSSR count). The zero-order chi connectivity index (χ0) is 19.9. The molecule has 0 unspecified atom stereocenters. The van der Waals surface area contributed by atoms with Crippen molar-refractivity contribution in [2.45, 2.75) is 62.9 Å². The number of nitrogens with one attached hydrogen (secondary N) is 3. The molecule has 8 heteroatoms. The van der Waals surface area contributed by atoms with Crippen LogP contribution in [0.15, 0.2) is 16.8 Å². The van der Waals surface area contributed by atoms with Crippen molar-refractivity contribution in [2.75, 3.05) is 25.4 Å². The van der Waals surface area contributed by atoms with Gasteiger partial charge in [-0.25, -0.2) is 4.79 Å². The highest BCUT2D eigenvalue weighted by Crippen LogP contribution is 2.33. The third-order valence-electron chi connectivity index (χ3n) is 5.75. The highest BCUT2D eigenvalue weighted by molar-refractivity contribution is 8.00. The first-order valence-corrected chi connectivity index (χ1v) is 12.3. The number of rotatable bonds is 11. The van der Waals surface area contributed by atoms with Gasteiger partial charge >= 0.3 is 6.03 Å². The van der Waals surface area contributed by atoms with Gasteiger partial charge in [0.05, 0.1) is 18.1 Å². The van der Waals surface area contributed by atoms with Crippen molar-refractivity contribution in [1.29, 1.82) is 0 Å². The lowest BCUT2D eigenvalue weighted by atomic mass is 10.0. The first-order valence-electron chi connectivity index (χ1n) is 10.3. The Balaban J connectivity index is 1.36. The molecule has 2 aliphatic heterocycles. The number of unbranched alkanes of at least 4 members (excludes halogenated alkanes) is 1. The van der Waals surface area contributed by atoms with Crippen LogP contribution >= 0.6 is 23.1 Å². The zero-order valence-corrected chi connectivity index (χ0v) is 18.4. The number of likely N-dealkylation sites (N-methyl/N-ethyl adjacent to an activating group) is 1. The molecule has 3 amide bonds. The zero-order valence-electron chi connectivity index (χ0n) is 16.8. The second kappa shape index (κ2) is 10.5. The first-order chi connectivity index (χ1) is 13.6. The highest BCUT2D eigenvalue weighted by Gasteiger charge is 2.42. The number of fused-ring (bicyclic) bond motifs is 1. The van der Waals surface area contributed by atoms with E-state index in [-0.39, 0.29) is 30.1 Å². The molecule has 1 aromatic rings. The minimum Gasteiger partial charge on any atom is -0.354 e. The maximum absolute atomic E-state index is 12.3. The van der Waals surface area contributed by atoms with E-state index in [2.05, 4.69) is 51.5 Å². The van der Waals surface area contributed by atoms with Gasteiger partial charge in [0.25, 0.3) is 0 Å². The van der Waals surface area contributed by atoms with E-state index >= 15 is 0 Å². The lowest BCUT2D eigenvalue weighted by Gasteiger charge is -2.29. The summed E-state index contributed by atoms with van der Waals surface area (Å²) in [5, 5.41) is 13.9. The number of thiophene rings is 1. The summed E-state index contributed by atoms with van der Waals surface area (Å²) in [6.07, 6.45) is 3.55. The quantitative estimate of drug-likeness (QED) is 0.377. The lowest BCUT2D eigenvalue weighted by Crippen LogP contribution is -2.38. The first kappa shape index (κ1) is 21.5. The van der Waals surface area contributed by atoms with Crippen LogP contribution in [0.5, 0.6) is 0 Å². The minimum absolute atomic E-state index is 0.0342. The van der Waals surface area contributed by atoms with E-state index in [9.17, 15) is 9.59 Å². The van der Waals surface area contributed by atoms with Crippen molar-refractivity contribution in [1.82, 2.24) is 20.9 Å². The van der Waals surface area contributed by atoms with Crippen molar-refractivity contribution in [3.05, 3.63) is 22.4 Å². The molecule has 0 spiro atoms. The molecule has 3 N–H and O–H groups in total. The van der Waals surface area contributed by atoms with E-state index < -0.39 is 0 Å². The van der Waals surface area contributed by atoms with Crippen LogP contribution in [0.4, 0.5) is 4.79 Å². The van der Waals surface area contributed by atoms with Gasteiger partial charge in [0, 0.05) is 24.0 Å². The van der Waals surface area contributed by atoms with Crippen LogP contribution in [0.1, 0.15) is 51.1 Å². The van der Waals surface area contributed by atoms with Gasteiger partial charge in [-0.05, 0) is 48.3 Å². The normalized spacial score (nSPS) is 24.7. The van der Waals surface area contributed by atoms with E-state index in [0.29, 0.717) is 18.2 Å². The van der Waals surface area contributed by atoms with Crippen LogP contribution < -0.4 is 16.0 Å². The van der Waals surface area contributed by atoms with Gasteiger partial charge in [-0.15, -0.1) is 0 Å². The van der Waals surface area contributed by atoms with Crippen LogP contribution in [-0.2, 0) is 4.79 Å². The fourth-order valence-corrected chi connectivity index (χ4v) is 6.41. The Hall–Kier alpha value is -1.25. The molecule has 0 aliphatic carbocycles. The predicted octanol–water partition coefficient (Wildman–Crippen LogP) is 2.97. The van der Waals surface area contributed by atoms with E-state index in [1.807, 2.05) is 11.8 Å². The monoisotopic (exact) mass is 424 g/mol. The summed E-state index contributed by atoms with van der Waals surface area (Å²) in [6, 6.07) is 2.90. The summed E-state index contributed by atoms with van der Waals surface area (Å²) in [7, 11) is 0. The topological polar surface area (TPSA) is 73.5 Å². The fraction of sp³-hybridized carbons (Fsp3) is 0.700. The Kier molecular flexibility index (Phi) is 8.05. The van der Waals surface area contributed by atoms with Crippen LogP contribution in [0.2, 0.25) is 0 Å². The summed E-state index contributed by atoms with van der Waals surface area (Å²) >= 11 is 3.64. The van der Waals surface area contributed by atoms with Crippen LogP contribution in [-0.4, -0.2) is 59.6 Å². The number of urea groups is 1. The van der Waals surface area contributed by atoms with Crippen LogP contribution in [0.25, 0.3) is 0 Å². The molecule has 1 aromatic heterocycles. The average Bonchev–Trinajstić information content (AvgIpc) is 3.40.